The maximum Gasteiger partial charge on any atom is 0.419 e. The molecule has 0 spiro atoms. The van der Waals surface area contributed by atoms with Crippen molar-refractivity contribution in [2.24, 2.45) is 16.6 Å². The average Bonchev–Trinajstić information content (AvgIpc) is 3.55. The number of hydrogen-bond acceptors (Lipinski definition) is 6. The Morgan fingerprint density at radius 1 is 1.40 bits per heavy atom. The number of hydrogen-bond donors (Lipinski definition) is 2. The van der Waals surface area contributed by atoms with E-state index in [1.807, 2.05) is 11.8 Å². The van der Waals surface area contributed by atoms with Crippen LogP contribution in [0.25, 0.3) is 0 Å². The van der Waals surface area contributed by atoms with E-state index in [0.29, 0.717) is 50.3 Å². The van der Waals surface area contributed by atoms with Crippen LogP contribution in [0.2, 0.25) is 0 Å². The van der Waals surface area contributed by atoms with Crippen LogP contribution in [0.15, 0.2) is 23.1 Å². The summed E-state index contributed by atoms with van der Waals surface area (Å²) in [5.41, 5.74) is 5.99. The first-order valence-electron chi connectivity index (χ1n) is 10.1. The van der Waals surface area contributed by atoms with E-state index in [1.165, 1.54) is 6.20 Å². The molecule has 0 unspecified atom stereocenters. The van der Waals surface area contributed by atoms with Gasteiger partial charge in [0.2, 0.25) is 11.9 Å². The molecular formula is C20H27F3N6O. The zero-order valence-corrected chi connectivity index (χ0v) is 17.2. The normalized spacial score (nSPS) is 21.2. The van der Waals surface area contributed by atoms with Crippen molar-refractivity contribution in [2.75, 3.05) is 25.0 Å². The summed E-state index contributed by atoms with van der Waals surface area (Å²) in [7, 11) is 0. The zero-order chi connectivity index (χ0) is 21.9. The third-order valence-corrected chi connectivity index (χ3v) is 5.46. The Hall–Kier alpha value is -2.65. The minimum atomic E-state index is -4.48. The standard InChI is InChI=1S/C20H27F3N6O/c1-3-29-11-13(4-7-17(29)30)9-25-12(2)16(8-24)27-19-26-10-15(20(21,22)23)18(28-19)14-5-6-14/h8,10,13-14H,3-7,9,11,24H2,1-2H3,(H,26,27,28)/b16-8+,25-12-/t13-/m0/s1. The molecule has 164 valence electrons. The van der Waals surface area contributed by atoms with Gasteiger partial charge in [0.05, 0.1) is 22.7 Å². The van der Waals surface area contributed by atoms with Crippen LogP contribution in [0, 0.1) is 5.92 Å². The largest absolute Gasteiger partial charge is 0.419 e. The number of nitrogens with one attached hydrogen (secondary N) is 1. The predicted molar refractivity (Wildman–Crippen MR) is 108 cm³/mol. The molecule has 1 aromatic heterocycles. The fraction of sp³-hybridized carbons (Fsp3) is 0.600. The summed E-state index contributed by atoms with van der Waals surface area (Å²) in [6.07, 6.45) is 0.342. The van der Waals surface area contributed by atoms with Crippen LogP contribution < -0.4 is 11.1 Å². The van der Waals surface area contributed by atoms with Crippen molar-refractivity contribution < 1.29 is 18.0 Å². The molecule has 3 N–H and O–H groups in total. The lowest BCUT2D eigenvalue weighted by molar-refractivity contribution is -0.138. The number of halogens is 3. The van der Waals surface area contributed by atoms with Crippen LogP contribution in [-0.4, -0.2) is 46.1 Å². The molecule has 2 fully saturated rings. The van der Waals surface area contributed by atoms with Gasteiger partial charge in [-0.2, -0.15) is 13.2 Å². The number of alkyl halides is 3. The second kappa shape index (κ2) is 9.01. The van der Waals surface area contributed by atoms with Crippen LogP contribution >= 0.6 is 0 Å². The minimum absolute atomic E-state index is 0.0255. The number of nitrogens with two attached hydrogens (primary N) is 1. The first-order valence-corrected chi connectivity index (χ1v) is 10.1. The summed E-state index contributed by atoms with van der Waals surface area (Å²) in [6, 6.07) is 0. The highest BCUT2D eigenvalue weighted by Gasteiger charge is 2.40. The number of piperidine rings is 1. The second-order valence-corrected chi connectivity index (χ2v) is 7.73. The number of amides is 1. The molecule has 10 heteroatoms. The molecule has 1 aliphatic carbocycles. The molecule has 1 saturated carbocycles. The van der Waals surface area contributed by atoms with Crippen LogP contribution in [0.1, 0.15) is 56.7 Å². The summed E-state index contributed by atoms with van der Waals surface area (Å²) in [5, 5.41) is 2.90. The van der Waals surface area contributed by atoms with Gasteiger partial charge in [0.1, 0.15) is 0 Å². The SMILES string of the molecule is CCN1C[C@H](C/N=C(C)\C(=C/N)Nc2ncc(C(F)(F)F)c(C3CC3)n2)CCC1=O. The van der Waals surface area contributed by atoms with Crippen molar-refractivity contribution >= 4 is 17.6 Å². The van der Waals surface area contributed by atoms with E-state index >= 15 is 0 Å². The van der Waals surface area contributed by atoms with E-state index < -0.39 is 11.7 Å². The third-order valence-electron chi connectivity index (χ3n) is 5.46. The van der Waals surface area contributed by atoms with Gasteiger partial charge in [0, 0.05) is 44.4 Å². The molecule has 1 amide bonds. The molecule has 1 saturated heterocycles. The summed E-state index contributed by atoms with van der Waals surface area (Å²) < 4.78 is 39.6. The number of rotatable bonds is 7. The molecule has 0 radical (unpaired) electrons. The van der Waals surface area contributed by atoms with Gasteiger partial charge in [0.15, 0.2) is 0 Å². The van der Waals surface area contributed by atoms with Crippen LogP contribution in [0.4, 0.5) is 19.1 Å². The van der Waals surface area contributed by atoms with E-state index in [9.17, 15) is 18.0 Å². The van der Waals surface area contributed by atoms with Gasteiger partial charge in [0.25, 0.3) is 0 Å². The van der Waals surface area contributed by atoms with Crippen LogP contribution in [0.5, 0.6) is 0 Å². The Labute approximate surface area is 173 Å². The Kier molecular flexibility index (Phi) is 6.62. The van der Waals surface area contributed by atoms with E-state index in [-0.39, 0.29) is 29.4 Å². The highest BCUT2D eigenvalue weighted by atomic mass is 19.4. The lowest BCUT2D eigenvalue weighted by Crippen LogP contribution is -2.40. The molecule has 7 nitrogen and oxygen atoms in total. The fourth-order valence-electron chi connectivity index (χ4n) is 3.51. The molecule has 1 aromatic rings. The van der Waals surface area contributed by atoms with Gasteiger partial charge in [-0.3, -0.25) is 9.79 Å². The highest BCUT2D eigenvalue weighted by Crippen LogP contribution is 2.44. The molecule has 1 aliphatic heterocycles. The molecular weight excluding hydrogens is 397 g/mol. The molecule has 2 aliphatic rings. The van der Waals surface area contributed by atoms with Crippen molar-refractivity contribution in [3.8, 4) is 0 Å². The summed E-state index contributed by atoms with van der Waals surface area (Å²) >= 11 is 0. The number of likely N-dealkylation sites (tertiary alicyclic amines) is 1. The van der Waals surface area contributed by atoms with Crippen LogP contribution in [0.3, 0.4) is 0 Å². The van der Waals surface area contributed by atoms with Gasteiger partial charge in [-0.1, -0.05) is 0 Å². The summed E-state index contributed by atoms with van der Waals surface area (Å²) in [5.74, 6) is 0.322. The van der Waals surface area contributed by atoms with E-state index in [2.05, 4.69) is 20.3 Å². The Bertz CT molecular complexity index is 847. The lowest BCUT2D eigenvalue weighted by atomic mass is 9.97. The van der Waals surface area contributed by atoms with Gasteiger partial charge in [-0.25, -0.2) is 9.97 Å². The number of nitrogens with zero attached hydrogens (tertiary/aromatic N) is 4. The van der Waals surface area contributed by atoms with Crippen molar-refractivity contribution in [1.82, 2.24) is 14.9 Å². The first kappa shape index (κ1) is 22.0. The van der Waals surface area contributed by atoms with Crippen molar-refractivity contribution in [3.63, 3.8) is 0 Å². The molecule has 2 heterocycles. The maximum atomic E-state index is 13.2. The summed E-state index contributed by atoms with van der Waals surface area (Å²) in [4.78, 5) is 26.1. The number of carbonyl (C=O) groups is 1. The van der Waals surface area contributed by atoms with Crippen molar-refractivity contribution in [1.29, 1.82) is 0 Å². The average molecular weight is 424 g/mol. The Morgan fingerprint density at radius 2 is 2.13 bits per heavy atom. The van der Waals surface area contributed by atoms with E-state index in [1.54, 1.807) is 6.92 Å². The monoisotopic (exact) mass is 424 g/mol. The Morgan fingerprint density at radius 3 is 2.73 bits per heavy atom. The fourth-order valence-corrected chi connectivity index (χ4v) is 3.51. The lowest BCUT2D eigenvalue weighted by Gasteiger charge is -2.31. The molecule has 30 heavy (non-hydrogen) atoms. The maximum absolute atomic E-state index is 13.2. The topological polar surface area (TPSA) is 96.5 Å². The predicted octanol–water partition coefficient (Wildman–Crippen LogP) is 3.30. The van der Waals surface area contributed by atoms with Crippen LogP contribution in [-0.2, 0) is 11.0 Å². The highest BCUT2D eigenvalue weighted by molar-refractivity contribution is 6.00. The minimum Gasteiger partial charge on any atom is -0.403 e. The van der Waals surface area contributed by atoms with Gasteiger partial charge < -0.3 is 16.0 Å². The third kappa shape index (κ3) is 5.28. The smallest absolute Gasteiger partial charge is 0.403 e. The van der Waals surface area contributed by atoms with Gasteiger partial charge in [-0.05, 0) is 39.0 Å². The van der Waals surface area contributed by atoms with Gasteiger partial charge >= 0.3 is 6.18 Å². The second-order valence-electron chi connectivity index (χ2n) is 7.73. The number of aromatic nitrogens is 2. The first-order chi connectivity index (χ1) is 14.2. The quantitative estimate of drug-likeness (QED) is 0.655. The summed E-state index contributed by atoms with van der Waals surface area (Å²) in [6.45, 7) is 5.61. The van der Waals surface area contributed by atoms with Gasteiger partial charge in [-0.15, -0.1) is 0 Å². The van der Waals surface area contributed by atoms with Crippen molar-refractivity contribution in [3.05, 3.63) is 29.4 Å². The zero-order valence-electron chi connectivity index (χ0n) is 17.2. The molecule has 0 bridgehead atoms. The molecule has 3 rings (SSSR count). The van der Waals surface area contributed by atoms with E-state index in [0.717, 1.165) is 12.6 Å². The van der Waals surface area contributed by atoms with Crippen molar-refractivity contribution in [2.45, 2.75) is 51.6 Å². The molecule has 0 aromatic carbocycles. The number of anilines is 1. The number of aliphatic imine (C=N–C) groups is 1. The number of carbonyl (C=O) groups excluding carboxylic acids is 1. The molecule has 1 atom stereocenters. The number of allylic oxidation sites excluding steroid dienone is 1. The Balaban J connectivity index is 1.68. The van der Waals surface area contributed by atoms with E-state index in [4.69, 9.17) is 5.73 Å².